The molecule has 1 unspecified atom stereocenters. The second-order valence-corrected chi connectivity index (χ2v) is 5.96. The molecule has 1 atom stereocenters. The number of hydrogen-bond acceptors (Lipinski definition) is 2. The fourth-order valence-corrected chi connectivity index (χ4v) is 2.14. The van der Waals surface area contributed by atoms with E-state index in [2.05, 4.69) is 65.1 Å². The monoisotopic (exact) mass is 263 g/mol. The number of benzene rings is 1. The van der Waals surface area contributed by atoms with E-state index in [0.717, 1.165) is 19.6 Å². The maximum absolute atomic E-state index is 6.06. The van der Waals surface area contributed by atoms with Gasteiger partial charge in [0.05, 0.1) is 18.2 Å². The first-order valence-electron chi connectivity index (χ1n) is 7.33. The van der Waals surface area contributed by atoms with Crippen molar-refractivity contribution < 1.29 is 4.74 Å². The first-order chi connectivity index (χ1) is 8.88. The summed E-state index contributed by atoms with van der Waals surface area (Å²) in [4.78, 5) is 0. The van der Waals surface area contributed by atoms with Gasteiger partial charge in [0.15, 0.2) is 0 Å². The standard InChI is InChI=1S/C17H29NO/c1-7-17(5,6)19-12-16(18-8-2)15-10-13(3)9-14(4)11-15/h9-11,16,18H,7-8,12H2,1-6H3. The summed E-state index contributed by atoms with van der Waals surface area (Å²) in [7, 11) is 0. The Hall–Kier alpha value is -0.860. The molecule has 1 rings (SSSR count). The SMILES string of the molecule is CCNC(COC(C)(C)CC)c1cc(C)cc(C)c1. The van der Waals surface area contributed by atoms with Gasteiger partial charge in [-0.1, -0.05) is 43.2 Å². The molecule has 1 aromatic rings. The van der Waals surface area contributed by atoms with Crippen molar-refractivity contribution >= 4 is 0 Å². The van der Waals surface area contributed by atoms with Crippen LogP contribution >= 0.6 is 0 Å². The van der Waals surface area contributed by atoms with Crippen molar-refractivity contribution in [3.8, 4) is 0 Å². The molecular formula is C17H29NO. The van der Waals surface area contributed by atoms with Crippen LogP contribution in [0.2, 0.25) is 0 Å². The van der Waals surface area contributed by atoms with Crippen LogP contribution in [0.25, 0.3) is 0 Å². The molecule has 0 radical (unpaired) electrons. The Labute approximate surface area is 118 Å². The molecule has 0 aromatic heterocycles. The molecule has 0 amide bonds. The van der Waals surface area contributed by atoms with Crippen LogP contribution in [-0.4, -0.2) is 18.8 Å². The van der Waals surface area contributed by atoms with Crippen LogP contribution in [0.3, 0.4) is 0 Å². The largest absolute Gasteiger partial charge is 0.374 e. The quantitative estimate of drug-likeness (QED) is 0.797. The van der Waals surface area contributed by atoms with E-state index in [9.17, 15) is 0 Å². The van der Waals surface area contributed by atoms with Crippen LogP contribution in [0, 0.1) is 13.8 Å². The third-order valence-electron chi connectivity index (χ3n) is 3.59. The van der Waals surface area contributed by atoms with Crippen LogP contribution in [0.4, 0.5) is 0 Å². The summed E-state index contributed by atoms with van der Waals surface area (Å²) < 4.78 is 6.06. The molecule has 0 spiro atoms. The summed E-state index contributed by atoms with van der Waals surface area (Å²) >= 11 is 0. The molecule has 0 bridgehead atoms. The van der Waals surface area contributed by atoms with Gasteiger partial charge in [-0.25, -0.2) is 0 Å². The van der Waals surface area contributed by atoms with Crippen LogP contribution < -0.4 is 5.32 Å². The van der Waals surface area contributed by atoms with E-state index in [1.54, 1.807) is 0 Å². The third-order valence-corrected chi connectivity index (χ3v) is 3.59. The molecule has 2 heteroatoms. The molecule has 0 saturated carbocycles. The van der Waals surface area contributed by atoms with Gasteiger partial charge in [-0.05, 0) is 46.2 Å². The van der Waals surface area contributed by atoms with Crippen molar-refractivity contribution in [2.75, 3.05) is 13.2 Å². The predicted octanol–water partition coefficient (Wildman–Crippen LogP) is 4.16. The number of hydrogen-bond donors (Lipinski definition) is 1. The molecule has 0 fully saturated rings. The molecule has 1 aromatic carbocycles. The highest BCUT2D eigenvalue weighted by molar-refractivity contribution is 5.30. The second-order valence-electron chi connectivity index (χ2n) is 5.96. The van der Waals surface area contributed by atoms with Crippen molar-refractivity contribution in [1.29, 1.82) is 0 Å². The van der Waals surface area contributed by atoms with Gasteiger partial charge in [0.25, 0.3) is 0 Å². The molecule has 108 valence electrons. The number of aryl methyl sites for hydroxylation is 2. The minimum absolute atomic E-state index is 0.0491. The second kappa shape index (κ2) is 7.06. The first kappa shape index (κ1) is 16.2. The van der Waals surface area contributed by atoms with Crippen molar-refractivity contribution in [2.24, 2.45) is 0 Å². The third kappa shape index (κ3) is 5.33. The predicted molar refractivity (Wildman–Crippen MR) is 82.7 cm³/mol. The summed E-state index contributed by atoms with van der Waals surface area (Å²) in [6, 6.07) is 6.99. The Bertz CT molecular complexity index is 378. The van der Waals surface area contributed by atoms with Gasteiger partial charge in [-0.2, -0.15) is 0 Å². The van der Waals surface area contributed by atoms with E-state index in [1.807, 2.05) is 0 Å². The maximum Gasteiger partial charge on any atom is 0.0668 e. The normalized spacial score (nSPS) is 13.6. The zero-order valence-electron chi connectivity index (χ0n) is 13.3. The average molecular weight is 263 g/mol. The lowest BCUT2D eigenvalue weighted by atomic mass is 10.0. The highest BCUT2D eigenvalue weighted by atomic mass is 16.5. The van der Waals surface area contributed by atoms with Crippen LogP contribution in [0.5, 0.6) is 0 Å². The molecule has 0 aliphatic rings. The van der Waals surface area contributed by atoms with E-state index in [1.165, 1.54) is 16.7 Å². The highest BCUT2D eigenvalue weighted by Gasteiger charge is 2.19. The number of nitrogens with one attached hydrogen (secondary N) is 1. The summed E-state index contributed by atoms with van der Waals surface area (Å²) in [6.45, 7) is 14.6. The molecule has 2 nitrogen and oxygen atoms in total. The molecule has 0 aliphatic carbocycles. The Kier molecular flexibility index (Phi) is 6.02. The van der Waals surface area contributed by atoms with Crippen LogP contribution in [0.1, 0.15) is 56.8 Å². The maximum atomic E-state index is 6.06. The van der Waals surface area contributed by atoms with Gasteiger partial charge in [0, 0.05) is 0 Å². The Morgan fingerprint density at radius 1 is 1.11 bits per heavy atom. The number of likely N-dealkylation sites (N-methyl/N-ethyl adjacent to an activating group) is 1. The molecular weight excluding hydrogens is 234 g/mol. The van der Waals surface area contributed by atoms with Crippen molar-refractivity contribution in [3.63, 3.8) is 0 Å². The minimum Gasteiger partial charge on any atom is -0.374 e. The van der Waals surface area contributed by atoms with E-state index in [4.69, 9.17) is 4.74 Å². The smallest absolute Gasteiger partial charge is 0.0668 e. The number of rotatable bonds is 7. The van der Waals surface area contributed by atoms with E-state index in [0.29, 0.717) is 0 Å². The van der Waals surface area contributed by atoms with Crippen LogP contribution in [-0.2, 0) is 4.74 Å². The Balaban J connectivity index is 2.82. The lowest BCUT2D eigenvalue weighted by Crippen LogP contribution is -2.31. The van der Waals surface area contributed by atoms with Crippen molar-refractivity contribution in [3.05, 3.63) is 34.9 Å². The zero-order chi connectivity index (χ0) is 14.5. The molecule has 1 N–H and O–H groups in total. The van der Waals surface area contributed by atoms with Gasteiger partial charge < -0.3 is 10.1 Å². The highest BCUT2D eigenvalue weighted by Crippen LogP contribution is 2.21. The van der Waals surface area contributed by atoms with Crippen LogP contribution in [0.15, 0.2) is 18.2 Å². The van der Waals surface area contributed by atoms with E-state index in [-0.39, 0.29) is 11.6 Å². The lowest BCUT2D eigenvalue weighted by Gasteiger charge is -2.28. The van der Waals surface area contributed by atoms with Crippen molar-refractivity contribution in [1.82, 2.24) is 5.32 Å². The molecule has 0 heterocycles. The van der Waals surface area contributed by atoms with E-state index >= 15 is 0 Å². The average Bonchev–Trinajstić information content (AvgIpc) is 2.33. The molecule has 19 heavy (non-hydrogen) atoms. The lowest BCUT2D eigenvalue weighted by molar-refractivity contribution is -0.0306. The fourth-order valence-electron chi connectivity index (χ4n) is 2.14. The molecule has 0 aliphatic heterocycles. The zero-order valence-corrected chi connectivity index (χ0v) is 13.3. The summed E-state index contributed by atoms with van der Waals surface area (Å²) in [6.07, 6.45) is 1.03. The fraction of sp³-hybridized carbons (Fsp3) is 0.647. The van der Waals surface area contributed by atoms with Gasteiger partial charge in [-0.15, -0.1) is 0 Å². The molecule has 0 saturated heterocycles. The summed E-state index contributed by atoms with van der Waals surface area (Å²) in [5, 5.41) is 3.53. The Morgan fingerprint density at radius 3 is 2.16 bits per heavy atom. The first-order valence-corrected chi connectivity index (χ1v) is 7.33. The van der Waals surface area contributed by atoms with Gasteiger partial charge >= 0.3 is 0 Å². The van der Waals surface area contributed by atoms with Gasteiger partial charge in [0.1, 0.15) is 0 Å². The van der Waals surface area contributed by atoms with Crippen molar-refractivity contribution in [2.45, 2.75) is 59.6 Å². The van der Waals surface area contributed by atoms with Gasteiger partial charge in [-0.3, -0.25) is 0 Å². The van der Waals surface area contributed by atoms with E-state index < -0.39 is 0 Å². The number of ether oxygens (including phenoxy) is 1. The topological polar surface area (TPSA) is 21.3 Å². The minimum atomic E-state index is -0.0491. The summed E-state index contributed by atoms with van der Waals surface area (Å²) in [5.41, 5.74) is 3.90. The Morgan fingerprint density at radius 2 is 1.68 bits per heavy atom. The summed E-state index contributed by atoms with van der Waals surface area (Å²) in [5.74, 6) is 0. The van der Waals surface area contributed by atoms with Gasteiger partial charge in [0.2, 0.25) is 0 Å².